The lowest BCUT2D eigenvalue weighted by Gasteiger charge is -2.32. The van der Waals surface area contributed by atoms with Crippen LogP contribution >= 0.6 is 0 Å². The number of aromatic amines is 1. The van der Waals surface area contributed by atoms with E-state index in [-0.39, 0.29) is 16.4 Å². The number of fused-ring (bicyclic) bond motifs is 4. The van der Waals surface area contributed by atoms with Gasteiger partial charge in [-0.25, -0.2) is 0 Å². The lowest BCUT2D eigenvalue weighted by atomic mass is 9.93. The minimum Gasteiger partial charge on any atom is -0.340 e. The number of pyridine rings is 1. The Morgan fingerprint density at radius 2 is 1.85 bits per heavy atom. The molecule has 0 aliphatic carbocycles. The second kappa shape index (κ2) is 10.4. The third-order valence-corrected chi connectivity index (χ3v) is 9.20. The van der Waals surface area contributed by atoms with Crippen LogP contribution in [0.5, 0.6) is 0 Å². The Labute approximate surface area is 238 Å². The molecule has 0 radical (unpaired) electrons. The summed E-state index contributed by atoms with van der Waals surface area (Å²) in [5.74, 6) is 0. The van der Waals surface area contributed by atoms with Crippen LogP contribution in [0.2, 0.25) is 0 Å². The zero-order valence-corrected chi connectivity index (χ0v) is 23.9. The molecule has 3 aromatic carbocycles. The number of aryl methyl sites for hydroxylation is 1. The topological polar surface area (TPSA) is 99.0 Å². The Morgan fingerprint density at radius 1 is 1.07 bits per heavy atom. The number of H-pyrrole nitrogens is 1. The first-order valence-electron chi connectivity index (χ1n) is 14.0. The maximum absolute atomic E-state index is 14.2. The first-order valence-corrected chi connectivity index (χ1v) is 15.4. The maximum Gasteiger partial charge on any atom is 0.332 e. The van der Waals surface area contributed by atoms with Crippen molar-refractivity contribution < 1.29 is 12.3 Å². The highest BCUT2D eigenvalue weighted by Crippen LogP contribution is 2.37. The summed E-state index contributed by atoms with van der Waals surface area (Å²) >= 11 is 0. The average molecular weight is 571 g/mol. The van der Waals surface area contributed by atoms with E-state index in [1.165, 1.54) is 12.1 Å². The van der Waals surface area contributed by atoms with Crippen LogP contribution in [0.25, 0.3) is 44.0 Å². The molecule has 41 heavy (non-hydrogen) atoms. The predicted octanol–water partition coefficient (Wildman–Crippen LogP) is 6.44. The molecule has 7 nitrogen and oxygen atoms in total. The summed E-state index contributed by atoms with van der Waals surface area (Å²) in [6.45, 7) is 3.92. The van der Waals surface area contributed by atoms with Crippen molar-refractivity contribution in [3.05, 3.63) is 75.9 Å². The summed E-state index contributed by atoms with van der Waals surface area (Å²) in [6.07, 6.45) is 4.31. The molecule has 1 aliphatic rings. The molecule has 0 bridgehead atoms. The van der Waals surface area contributed by atoms with Crippen molar-refractivity contribution in [2.75, 3.05) is 20.1 Å². The smallest absolute Gasteiger partial charge is 0.332 e. The lowest BCUT2D eigenvalue weighted by Crippen LogP contribution is -2.32. The molecule has 0 unspecified atom stereocenters. The number of nitrogens with zero attached hydrogens (tertiary/aromatic N) is 3. The molecule has 5 aromatic rings. The van der Waals surface area contributed by atoms with Gasteiger partial charge in [-0.3, -0.25) is 4.79 Å². The van der Waals surface area contributed by atoms with Crippen molar-refractivity contribution in [1.82, 2.24) is 14.5 Å². The van der Waals surface area contributed by atoms with Gasteiger partial charge in [0.15, 0.2) is 5.43 Å². The lowest BCUT2D eigenvalue weighted by molar-refractivity contribution is 0.226. The van der Waals surface area contributed by atoms with E-state index in [0.29, 0.717) is 28.3 Å². The molecule has 6 rings (SSSR count). The van der Waals surface area contributed by atoms with Crippen LogP contribution in [-0.2, 0) is 16.6 Å². The molecule has 1 N–H and O–H groups in total. The van der Waals surface area contributed by atoms with Crippen molar-refractivity contribution in [2.24, 2.45) is 0 Å². The van der Waals surface area contributed by atoms with Gasteiger partial charge in [0, 0.05) is 22.3 Å². The van der Waals surface area contributed by atoms with Crippen LogP contribution in [0.3, 0.4) is 0 Å². The van der Waals surface area contributed by atoms with E-state index in [0.717, 1.165) is 72.0 Å². The Balaban J connectivity index is 1.72. The highest BCUT2D eigenvalue weighted by molar-refractivity contribution is 7.86. The second-order valence-electron chi connectivity index (χ2n) is 11.1. The first-order chi connectivity index (χ1) is 19.7. The van der Waals surface area contributed by atoms with Gasteiger partial charge in [0.1, 0.15) is 5.65 Å². The molecule has 3 heterocycles. The van der Waals surface area contributed by atoms with Gasteiger partial charge in [-0.2, -0.15) is 13.7 Å². The number of unbranched alkanes of at least 4 members (excludes halogenated alkanes) is 1. The Bertz CT molecular complexity index is 2030. The van der Waals surface area contributed by atoms with Crippen LogP contribution in [0.1, 0.15) is 49.8 Å². The zero-order chi connectivity index (χ0) is 28.9. The van der Waals surface area contributed by atoms with E-state index in [9.17, 15) is 22.4 Å². The van der Waals surface area contributed by atoms with Gasteiger partial charge in [-0.15, -0.1) is 3.89 Å². The highest BCUT2D eigenvalue weighted by Gasteiger charge is 2.26. The van der Waals surface area contributed by atoms with Crippen LogP contribution in [0.4, 0.5) is 3.89 Å². The van der Waals surface area contributed by atoms with Crippen molar-refractivity contribution in [1.29, 1.82) is 5.26 Å². The molecule has 0 spiro atoms. The van der Waals surface area contributed by atoms with Crippen LogP contribution in [-0.4, -0.2) is 43.0 Å². The molecule has 0 amide bonds. The first kappa shape index (κ1) is 27.2. The maximum atomic E-state index is 14.2. The Morgan fingerprint density at radius 3 is 2.56 bits per heavy atom. The van der Waals surface area contributed by atoms with Gasteiger partial charge in [-0.05, 0) is 98.9 Å². The number of piperidine rings is 1. The number of nitrogens with one attached hydrogen (secondary N) is 1. The third-order valence-electron chi connectivity index (χ3n) is 8.38. The largest absolute Gasteiger partial charge is 0.340 e. The fourth-order valence-electron chi connectivity index (χ4n) is 6.22. The SMILES string of the molecule is CCCCc1cc2c(=O)c3c4ccc(C#N)cc4[nH]c3n(C3CCN(C)CC3)c2cc1-c1cccc(S(=O)(=O)F)c1. The zero-order valence-electron chi connectivity index (χ0n) is 23.1. The summed E-state index contributed by atoms with van der Waals surface area (Å²) in [6, 6.07) is 17.5. The third kappa shape index (κ3) is 4.81. The van der Waals surface area contributed by atoms with Crippen molar-refractivity contribution in [2.45, 2.75) is 50.0 Å². The van der Waals surface area contributed by atoms with E-state index in [1.54, 1.807) is 24.3 Å². The number of aromatic nitrogens is 2. The summed E-state index contributed by atoms with van der Waals surface area (Å²) in [5.41, 5.74) is 4.95. The van der Waals surface area contributed by atoms with Gasteiger partial charge in [0.25, 0.3) is 0 Å². The van der Waals surface area contributed by atoms with E-state index in [4.69, 9.17) is 0 Å². The molecule has 0 atom stereocenters. The quantitative estimate of drug-likeness (QED) is 0.237. The molecule has 210 valence electrons. The van der Waals surface area contributed by atoms with Crippen LogP contribution in [0.15, 0.2) is 64.3 Å². The normalized spacial score (nSPS) is 15.2. The van der Waals surface area contributed by atoms with Crippen LogP contribution in [0, 0.1) is 11.3 Å². The number of hydrogen-bond donors (Lipinski definition) is 1. The summed E-state index contributed by atoms with van der Waals surface area (Å²) in [5, 5.41) is 11.5. The number of rotatable bonds is 6. The standard InChI is InChI=1S/C32H31FN4O3S/c1-3-4-6-22-17-27-29(18-26(22)21-7-5-8-24(16-21)41(33,39)40)37(23-11-13-36(2)14-12-23)32-30(31(27)38)25-10-9-20(19-34)15-28(25)35-32/h5,7-10,15-18,23,35H,3-4,6,11-14H2,1-2H3. The van der Waals surface area contributed by atoms with E-state index in [2.05, 4.69) is 34.5 Å². The van der Waals surface area contributed by atoms with Crippen molar-refractivity contribution in [3.63, 3.8) is 0 Å². The number of benzene rings is 3. The number of nitriles is 1. The molecule has 1 aliphatic heterocycles. The van der Waals surface area contributed by atoms with Crippen molar-refractivity contribution in [3.8, 4) is 17.2 Å². The molecule has 1 saturated heterocycles. The second-order valence-corrected chi connectivity index (χ2v) is 12.4. The molecular formula is C32H31FN4O3S. The number of halogens is 1. The molecule has 9 heteroatoms. The number of likely N-dealkylation sites (tertiary alicyclic amines) is 1. The van der Waals surface area contributed by atoms with Gasteiger partial charge in [0.2, 0.25) is 0 Å². The van der Waals surface area contributed by atoms with E-state index < -0.39 is 10.2 Å². The fraction of sp³-hybridized carbons (Fsp3) is 0.312. The predicted molar refractivity (Wildman–Crippen MR) is 160 cm³/mol. The Kier molecular flexibility index (Phi) is 6.92. The number of hydrogen-bond acceptors (Lipinski definition) is 5. The monoisotopic (exact) mass is 570 g/mol. The summed E-state index contributed by atoms with van der Waals surface area (Å²) in [4.78, 5) is 19.6. The summed E-state index contributed by atoms with van der Waals surface area (Å²) < 4.78 is 39.7. The highest BCUT2D eigenvalue weighted by atomic mass is 32.3. The molecule has 0 saturated carbocycles. The molecular weight excluding hydrogens is 539 g/mol. The summed E-state index contributed by atoms with van der Waals surface area (Å²) in [7, 11) is -2.78. The van der Waals surface area contributed by atoms with Crippen molar-refractivity contribution >= 4 is 43.1 Å². The van der Waals surface area contributed by atoms with E-state index >= 15 is 0 Å². The minimum atomic E-state index is -4.88. The van der Waals surface area contributed by atoms with E-state index in [1.807, 2.05) is 18.2 Å². The van der Waals surface area contributed by atoms with Gasteiger partial charge in [0.05, 0.1) is 27.4 Å². The minimum absolute atomic E-state index is 0.0838. The molecule has 2 aromatic heterocycles. The van der Waals surface area contributed by atoms with Gasteiger partial charge in [-0.1, -0.05) is 31.5 Å². The van der Waals surface area contributed by atoms with Gasteiger partial charge < -0.3 is 14.5 Å². The van der Waals surface area contributed by atoms with Gasteiger partial charge >= 0.3 is 10.2 Å². The average Bonchev–Trinajstić information content (AvgIpc) is 3.35. The fourth-order valence-corrected chi connectivity index (χ4v) is 6.73. The Hall–Kier alpha value is -4.00. The molecule has 1 fully saturated rings. The van der Waals surface area contributed by atoms with Crippen LogP contribution < -0.4 is 5.43 Å².